The van der Waals surface area contributed by atoms with Crippen molar-refractivity contribution in [3.05, 3.63) is 17.5 Å². The highest BCUT2D eigenvalue weighted by molar-refractivity contribution is 5.86. The molecule has 5 heteroatoms. The van der Waals surface area contributed by atoms with Crippen molar-refractivity contribution in [1.29, 1.82) is 0 Å². The fourth-order valence-corrected chi connectivity index (χ4v) is 0.724. The molecule has 0 spiro atoms. The van der Waals surface area contributed by atoms with Crippen LogP contribution in [-0.2, 0) is 16.1 Å². The minimum absolute atomic E-state index is 0.157. The Morgan fingerprint density at radius 2 is 2.42 bits per heavy atom. The van der Waals surface area contributed by atoms with Gasteiger partial charge >= 0.3 is 5.97 Å². The van der Waals surface area contributed by atoms with Gasteiger partial charge in [0.1, 0.15) is 6.61 Å². The van der Waals surface area contributed by atoms with Gasteiger partial charge in [-0.2, -0.15) is 0 Å². The highest BCUT2D eigenvalue weighted by atomic mass is 16.5. The van der Waals surface area contributed by atoms with Crippen LogP contribution in [-0.4, -0.2) is 25.3 Å². The van der Waals surface area contributed by atoms with E-state index in [1.54, 1.807) is 0 Å². The summed E-state index contributed by atoms with van der Waals surface area (Å²) < 4.78 is 13.9. The Morgan fingerprint density at radius 1 is 1.67 bits per heavy atom. The zero-order valence-electron chi connectivity index (χ0n) is 6.86. The summed E-state index contributed by atoms with van der Waals surface area (Å²) >= 11 is 0. The predicted molar refractivity (Wildman–Crippen MR) is 38.6 cm³/mol. The lowest BCUT2D eigenvalue weighted by molar-refractivity contribution is 0.0588. The normalized spacial score (nSPS) is 9.83. The lowest BCUT2D eigenvalue weighted by atomic mass is 10.4. The topological polar surface area (TPSA) is 61.6 Å². The molecule has 12 heavy (non-hydrogen) atoms. The van der Waals surface area contributed by atoms with E-state index >= 15 is 0 Å². The van der Waals surface area contributed by atoms with Gasteiger partial charge in [-0.15, -0.1) is 0 Å². The van der Waals surface area contributed by atoms with E-state index in [-0.39, 0.29) is 5.69 Å². The summed E-state index contributed by atoms with van der Waals surface area (Å²) in [4.78, 5) is 10.8. The fourth-order valence-electron chi connectivity index (χ4n) is 0.724. The van der Waals surface area contributed by atoms with Crippen LogP contribution in [0.4, 0.5) is 0 Å². The number of carbonyl (C=O) groups excluding carboxylic acids is 1. The Hall–Kier alpha value is -1.36. The molecule has 1 aromatic heterocycles. The number of nitrogens with zero attached hydrogens (tertiary/aromatic N) is 1. The van der Waals surface area contributed by atoms with Crippen molar-refractivity contribution in [2.45, 2.75) is 6.61 Å². The van der Waals surface area contributed by atoms with E-state index in [0.717, 1.165) is 0 Å². The lowest BCUT2D eigenvalue weighted by Crippen LogP contribution is -2.00. The number of rotatable bonds is 3. The Kier molecular flexibility index (Phi) is 2.82. The van der Waals surface area contributed by atoms with Crippen molar-refractivity contribution in [1.82, 2.24) is 5.16 Å². The molecule has 1 rings (SSSR count). The van der Waals surface area contributed by atoms with Crippen LogP contribution in [0, 0.1) is 0 Å². The molecule has 1 heterocycles. The molecule has 0 aliphatic carbocycles. The number of ether oxygens (including phenoxy) is 2. The number of carbonyl (C=O) groups is 1. The molecule has 0 aromatic carbocycles. The maximum Gasteiger partial charge on any atom is 0.360 e. The van der Waals surface area contributed by atoms with Gasteiger partial charge in [0, 0.05) is 13.2 Å². The van der Waals surface area contributed by atoms with Crippen molar-refractivity contribution in [2.75, 3.05) is 14.2 Å². The highest BCUT2D eigenvalue weighted by Crippen LogP contribution is 2.05. The van der Waals surface area contributed by atoms with Crippen LogP contribution in [0.5, 0.6) is 0 Å². The first kappa shape index (κ1) is 8.73. The van der Waals surface area contributed by atoms with Crippen molar-refractivity contribution in [2.24, 2.45) is 0 Å². The minimum Gasteiger partial charge on any atom is -0.464 e. The average molecular weight is 171 g/mol. The summed E-state index contributed by atoms with van der Waals surface area (Å²) in [5, 5.41) is 3.48. The third kappa shape index (κ3) is 1.82. The second kappa shape index (κ2) is 3.87. The largest absolute Gasteiger partial charge is 0.464 e. The van der Waals surface area contributed by atoms with Gasteiger partial charge in [0.15, 0.2) is 11.5 Å². The van der Waals surface area contributed by atoms with E-state index in [1.165, 1.54) is 20.3 Å². The van der Waals surface area contributed by atoms with Gasteiger partial charge in [-0.1, -0.05) is 5.16 Å². The standard InChI is InChI=1S/C7H9NO4/c1-10-4-5-3-6(8-12-5)7(9)11-2/h3H,4H2,1-2H3. The Labute approximate surface area is 69.2 Å². The summed E-state index contributed by atoms with van der Waals surface area (Å²) in [6, 6.07) is 1.48. The van der Waals surface area contributed by atoms with Crippen LogP contribution in [0.25, 0.3) is 0 Å². The van der Waals surface area contributed by atoms with Gasteiger partial charge in [0.25, 0.3) is 0 Å². The van der Waals surface area contributed by atoms with Crippen molar-refractivity contribution >= 4 is 5.97 Å². The Morgan fingerprint density at radius 3 is 3.00 bits per heavy atom. The molecule has 0 bridgehead atoms. The first-order chi connectivity index (χ1) is 5.77. The van der Waals surface area contributed by atoms with E-state index in [1.807, 2.05) is 0 Å². The van der Waals surface area contributed by atoms with Gasteiger partial charge in [-0.3, -0.25) is 0 Å². The zero-order chi connectivity index (χ0) is 8.97. The molecule has 0 aliphatic rings. The Balaban J connectivity index is 2.70. The summed E-state index contributed by atoms with van der Waals surface area (Å²) in [6.07, 6.45) is 0. The second-order valence-corrected chi connectivity index (χ2v) is 2.10. The molecule has 0 unspecified atom stereocenters. The summed E-state index contributed by atoms with van der Waals surface area (Å²) in [7, 11) is 2.81. The summed E-state index contributed by atoms with van der Waals surface area (Å²) in [5.41, 5.74) is 0.157. The van der Waals surface area contributed by atoms with Gasteiger partial charge in [-0.25, -0.2) is 4.79 Å². The molecule has 0 atom stereocenters. The fraction of sp³-hybridized carbons (Fsp3) is 0.429. The second-order valence-electron chi connectivity index (χ2n) is 2.10. The molecular formula is C7H9NO4. The molecule has 5 nitrogen and oxygen atoms in total. The molecule has 0 saturated carbocycles. The van der Waals surface area contributed by atoms with E-state index in [4.69, 9.17) is 9.26 Å². The van der Waals surface area contributed by atoms with Gasteiger partial charge in [0.05, 0.1) is 7.11 Å². The van der Waals surface area contributed by atoms with Crippen molar-refractivity contribution < 1.29 is 18.8 Å². The van der Waals surface area contributed by atoms with Gasteiger partial charge < -0.3 is 14.0 Å². The molecule has 0 saturated heterocycles. The summed E-state index contributed by atoms with van der Waals surface area (Å²) in [5.74, 6) is -0.0148. The monoisotopic (exact) mass is 171 g/mol. The van der Waals surface area contributed by atoms with Gasteiger partial charge in [-0.05, 0) is 0 Å². The molecule has 0 amide bonds. The van der Waals surface area contributed by atoms with Crippen LogP contribution in [0.1, 0.15) is 16.2 Å². The van der Waals surface area contributed by atoms with Gasteiger partial charge in [0.2, 0.25) is 0 Å². The maximum atomic E-state index is 10.8. The van der Waals surface area contributed by atoms with E-state index in [0.29, 0.717) is 12.4 Å². The van der Waals surface area contributed by atoms with Crippen LogP contribution in [0.3, 0.4) is 0 Å². The molecular weight excluding hydrogens is 162 g/mol. The number of hydrogen-bond donors (Lipinski definition) is 0. The van der Waals surface area contributed by atoms with Crippen molar-refractivity contribution in [3.63, 3.8) is 0 Å². The van der Waals surface area contributed by atoms with E-state index in [9.17, 15) is 4.79 Å². The third-order valence-corrected chi connectivity index (χ3v) is 1.24. The smallest absolute Gasteiger partial charge is 0.360 e. The number of aromatic nitrogens is 1. The first-order valence-electron chi connectivity index (χ1n) is 3.30. The molecule has 0 aliphatic heterocycles. The van der Waals surface area contributed by atoms with Crippen LogP contribution in [0.2, 0.25) is 0 Å². The third-order valence-electron chi connectivity index (χ3n) is 1.24. The average Bonchev–Trinajstić information content (AvgIpc) is 2.52. The molecule has 0 N–H and O–H groups in total. The van der Waals surface area contributed by atoms with Crippen LogP contribution >= 0.6 is 0 Å². The zero-order valence-corrected chi connectivity index (χ0v) is 6.86. The van der Waals surface area contributed by atoms with Crippen molar-refractivity contribution in [3.8, 4) is 0 Å². The molecule has 66 valence electrons. The number of hydrogen-bond acceptors (Lipinski definition) is 5. The van der Waals surface area contributed by atoms with Crippen LogP contribution in [0.15, 0.2) is 10.6 Å². The first-order valence-corrected chi connectivity index (χ1v) is 3.30. The molecule has 1 aromatic rings. The molecule has 0 radical (unpaired) electrons. The van der Waals surface area contributed by atoms with Crippen LogP contribution < -0.4 is 0 Å². The number of esters is 1. The van der Waals surface area contributed by atoms with E-state index < -0.39 is 5.97 Å². The number of methoxy groups -OCH3 is 2. The Bertz CT molecular complexity index is 268. The highest BCUT2D eigenvalue weighted by Gasteiger charge is 2.11. The maximum absolute atomic E-state index is 10.8. The SMILES string of the molecule is COCc1cc(C(=O)OC)no1. The minimum atomic E-state index is -0.513. The summed E-state index contributed by atoms with van der Waals surface area (Å²) in [6.45, 7) is 0.296. The molecule has 0 fully saturated rings. The lowest BCUT2D eigenvalue weighted by Gasteiger charge is -1.89. The van der Waals surface area contributed by atoms with E-state index in [2.05, 4.69) is 9.89 Å². The predicted octanol–water partition coefficient (Wildman–Crippen LogP) is 0.608. The quantitative estimate of drug-likeness (QED) is 0.623.